The number of hydrogen-bond acceptors (Lipinski definition) is 4. The van der Waals surface area contributed by atoms with Gasteiger partial charge in [-0.05, 0) is 44.5 Å². The molecule has 5 heteroatoms. The number of hydrogen-bond donors (Lipinski definition) is 0. The molecule has 2 heterocycles. The Morgan fingerprint density at radius 3 is 2.62 bits per heavy atom. The minimum atomic E-state index is -0.304. The van der Waals surface area contributed by atoms with Crippen molar-refractivity contribution in [1.29, 1.82) is 0 Å². The van der Waals surface area contributed by atoms with Crippen LogP contribution in [-0.4, -0.2) is 42.5 Å². The summed E-state index contributed by atoms with van der Waals surface area (Å²) in [7, 11) is 0. The molecule has 0 unspecified atom stereocenters. The molecular weight excluding hydrogens is 304 g/mol. The summed E-state index contributed by atoms with van der Waals surface area (Å²) in [6.07, 6.45) is 5.70. The first kappa shape index (κ1) is 17.0. The maximum Gasteiger partial charge on any atom is 0.251 e. The van der Waals surface area contributed by atoms with Gasteiger partial charge in [0, 0.05) is 0 Å². The number of imide groups is 1. The van der Waals surface area contributed by atoms with E-state index in [1.54, 1.807) is 6.07 Å². The molecule has 2 saturated heterocycles. The molecule has 2 amide bonds. The molecule has 0 spiro atoms. The van der Waals surface area contributed by atoms with Crippen molar-refractivity contribution in [3.8, 4) is 5.75 Å². The maximum atomic E-state index is 12.9. The molecule has 0 bridgehead atoms. The third-order valence-corrected chi connectivity index (χ3v) is 4.82. The minimum Gasteiger partial charge on any atom is -0.491 e. The van der Waals surface area contributed by atoms with Crippen LogP contribution in [0.1, 0.15) is 45.4 Å². The third kappa shape index (κ3) is 3.46. The lowest BCUT2D eigenvalue weighted by molar-refractivity contribution is -0.123. The highest BCUT2D eigenvalue weighted by atomic mass is 16.5. The highest BCUT2D eigenvalue weighted by Crippen LogP contribution is 2.34. The first-order chi connectivity index (χ1) is 11.7. The molecule has 1 aromatic rings. The maximum absolute atomic E-state index is 12.9. The van der Waals surface area contributed by atoms with Crippen molar-refractivity contribution in [2.45, 2.75) is 51.5 Å². The summed E-state index contributed by atoms with van der Waals surface area (Å²) in [4.78, 5) is 29.0. The van der Waals surface area contributed by atoms with E-state index in [0.29, 0.717) is 18.0 Å². The van der Waals surface area contributed by atoms with Crippen LogP contribution in [0.2, 0.25) is 0 Å². The van der Waals surface area contributed by atoms with Gasteiger partial charge in [-0.15, -0.1) is 0 Å². The average molecular weight is 330 g/mol. The summed E-state index contributed by atoms with van der Waals surface area (Å²) >= 11 is 0. The first-order valence-corrected chi connectivity index (χ1v) is 9.05. The van der Waals surface area contributed by atoms with Crippen molar-refractivity contribution in [3.05, 3.63) is 24.3 Å². The summed E-state index contributed by atoms with van der Waals surface area (Å²) in [6, 6.07) is 7.05. The predicted octanol–water partition coefficient (Wildman–Crippen LogP) is 2.98. The molecule has 3 rings (SSSR count). The standard InChI is InChI=1S/C19H26N2O3/c1-2-3-13-24-17-10-6-5-9-15(17)21-18(22)14-16(19(21)23)20-11-7-4-8-12-20/h5-6,9-10,16H,2-4,7-8,11-14H2,1H3/t16-/m1/s1. The van der Waals surface area contributed by atoms with Gasteiger partial charge in [-0.2, -0.15) is 0 Å². The number of rotatable bonds is 6. The molecule has 130 valence electrons. The Morgan fingerprint density at radius 1 is 1.12 bits per heavy atom. The Labute approximate surface area is 143 Å². The van der Waals surface area contributed by atoms with Gasteiger partial charge >= 0.3 is 0 Å². The van der Waals surface area contributed by atoms with E-state index in [1.807, 2.05) is 18.2 Å². The number of piperidine rings is 1. The Bertz CT molecular complexity index is 596. The van der Waals surface area contributed by atoms with Crippen LogP contribution in [0, 0.1) is 0 Å². The lowest BCUT2D eigenvalue weighted by Crippen LogP contribution is -2.44. The fourth-order valence-corrected chi connectivity index (χ4v) is 3.47. The molecule has 0 aliphatic carbocycles. The van der Waals surface area contributed by atoms with E-state index >= 15 is 0 Å². The van der Waals surface area contributed by atoms with Crippen LogP contribution in [0.15, 0.2) is 24.3 Å². The second-order valence-corrected chi connectivity index (χ2v) is 6.55. The van der Waals surface area contributed by atoms with Crippen LogP contribution in [0.3, 0.4) is 0 Å². The van der Waals surface area contributed by atoms with E-state index in [-0.39, 0.29) is 24.3 Å². The summed E-state index contributed by atoms with van der Waals surface area (Å²) in [5, 5.41) is 0. The second kappa shape index (κ2) is 7.79. The van der Waals surface area contributed by atoms with Crippen molar-refractivity contribution in [2.24, 2.45) is 0 Å². The molecule has 1 atom stereocenters. The number of likely N-dealkylation sites (tertiary alicyclic amines) is 1. The number of anilines is 1. The minimum absolute atomic E-state index is 0.103. The van der Waals surface area contributed by atoms with Crippen LogP contribution in [0.25, 0.3) is 0 Å². The van der Waals surface area contributed by atoms with Gasteiger partial charge in [0.15, 0.2) is 0 Å². The fraction of sp³-hybridized carbons (Fsp3) is 0.579. The molecular formula is C19H26N2O3. The van der Waals surface area contributed by atoms with Gasteiger partial charge in [0.25, 0.3) is 5.91 Å². The Morgan fingerprint density at radius 2 is 1.88 bits per heavy atom. The van der Waals surface area contributed by atoms with Gasteiger partial charge in [0.1, 0.15) is 5.75 Å². The number of benzene rings is 1. The zero-order valence-electron chi connectivity index (χ0n) is 14.4. The molecule has 0 radical (unpaired) electrons. The van der Waals surface area contributed by atoms with Gasteiger partial charge < -0.3 is 4.74 Å². The van der Waals surface area contributed by atoms with Crippen LogP contribution in [0.4, 0.5) is 5.69 Å². The zero-order valence-corrected chi connectivity index (χ0v) is 14.4. The van der Waals surface area contributed by atoms with Gasteiger partial charge in [0.05, 0.1) is 24.8 Å². The third-order valence-electron chi connectivity index (χ3n) is 4.82. The summed E-state index contributed by atoms with van der Waals surface area (Å²) in [5.74, 6) is 0.391. The number of ether oxygens (including phenoxy) is 1. The SMILES string of the molecule is CCCCOc1ccccc1N1C(=O)C[C@@H](N2CCCCC2)C1=O. The molecule has 5 nitrogen and oxygen atoms in total. The Balaban J connectivity index is 1.79. The van der Waals surface area contributed by atoms with Crippen molar-refractivity contribution in [3.63, 3.8) is 0 Å². The highest BCUT2D eigenvalue weighted by molar-refractivity contribution is 6.23. The van der Waals surface area contributed by atoms with Crippen LogP contribution >= 0.6 is 0 Å². The van der Waals surface area contributed by atoms with Gasteiger partial charge in [-0.3, -0.25) is 14.5 Å². The second-order valence-electron chi connectivity index (χ2n) is 6.55. The quantitative estimate of drug-likeness (QED) is 0.594. The van der Waals surface area contributed by atoms with E-state index in [9.17, 15) is 9.59 Å². The Hall–Kier alpha value is -1.88. The van der Waals surface area contributed by atoms with E-state index in [4.69, 9.17) is 4.74 Å². The van der Waals surface area contributed by atoms with Crippen LogP contribution in [-0.2, 0) is 9.59 Å². The molecule has 2 aliphatic rings. The summed E-state index contributed by atoms with van der Waals surface area (Å²) < 4.78 is 5.81. The van der Waals surface area contributed by atoms with Crippen molar-refractivity contribution < 1.29 is 14.3 Å². The van der Waals surface area contributed by atoms with E-state index in [0.717, 1.165) is 38.8 Å². The van der Waals surface area contributed by atoms with Gasteiger partial charge in [-0.1, -0.05) is 31.9 Å². The molecule has 0 N–H and O–H groups in total. The molecule has 0 aromatic heterocycles. The molecule has 0 saturated carbocycles. The van der Waals surface area contributed by atoms with E-state index in [1.165, 1.54) is 11.3 Å². The monoisotopic (exact) mass is 330 g/mol. The lowest BCUT2D eigenvalue weighted by Gasteiger charge is -2.30. The van der Waals surface area contributed by atoms with E-state index < -0.39 is 0 Å². The number of unbranched alkanes of at least 4 members (excludes halogenated alkanes) is 1. The van der Waals surface area contributed by atoms with Crippen LogP contribution in [0.5, 0.6) is 5.75 Å². The number of carbonyl (C=O) groups is 2. The summed E-state index contributed by atoms with van der Waals surface area (Å²) in [6.45, 7) is 4.52. The zero-order chi connectivity index (χ0) is 16.9. The fourth-order valence-electron chi connectivity index (χ4n) is 3.47. The van der Waals surface area contributed by atoms with E-state index in [2.05, 4.69) is 11.8 Å². The van der Waals surface area contributed by atoms with Gasteiger partial charge in [0.2, 0.25) is 5.91 Å². The van der Waals surface area contributed by atoms with Crippen molar-refractivity contribution in [2.75, 3.05) is 24.6 Å². The molecule has 2 fully saturated rings. The largest absolute Gasteiger partial charge is 0.491 e. The van der Waals surface area contributed by atoms with Gasteiger partial charge in [-0.25, -0.2) is 4.90 Å². The predicted molar refractivity (Wildman–Crippen MR) is 93.2 cm³/mol. The van der Waals surface area contributed by atoms with Crippen molar-refractivity contribution in [1.82, 2.24) is 4.90 Å². The average Bonchev–Trinajstić information content (AvgIpc) is 2.91. The lowest BCUT2D eigenvalue weighted by atomic mass is 10.1. The smallest absolute Gasteiger partial charge is 0.251 e. The highest BCUT2D eigenvalue weighted by Gasteiger charge is 2.43. The number of carbonyl (C=O) groups excluding carboxylic acids is 2. The molecule has 24 heavy (non-hydrogen) atoms. The molecule has 1 aromatic carbocycles. The topological polar surface area (TPSA) is 49.9 Å². The van der Waals surface area contributed by atoms with Crippen molar-refractivity contribution >= 4 is 17.5 Å². The molecule has 2 aliphatic heterocycles. The Kier molecular flexibility index (Phi) is 5.51. The first-order valence-electron chi connectivity index (χ1n) is 9.05. The number of amides is 2. The summed E-state index contributed by atoms with van der Waals surface area (Å²) in [5.41, 5.74) is 0.586. The number of para-hydroxylation sites is 2. The number of nitrogens with zero attached hydrogens (tertiary/aromatic N) is 2. The van der Waals surface area contributed by atoms with Crippen LogP contribution < -0.4 is 9.64 Å². The normalized spacial score (nSPS) is 22.2.